The molecule has 1 aliphatic rings. The highest BCUT2D eigenvalue weighted by Gasteiger charge is 2.14. The second-order valence-electron chi connectivity index (χ2n) is 4.15. The topological polar surface area (TPSA) is 41.6 Å². The van der Waals surface area contributed by atoms with E-state index in [0.29, 0.717) is 13.2 Å². The van der Waals surface area contributed by atoms with Crippen LogP contribution in [0.3, 0.4) is 0 Å². The number of carbonyl (C=O) groups excluding carboxylic acids is 1. The number of carbonyl (C=O) groups is 1. The molecule has 0 fully saturated rings. The van der Waals surface area contributed by atoms with Crippen LogP contribution in [0.2, 0.25) is 0 Å². The molecule has 1 aromatic carbocycles. The maximum absolute atomic E-state index is 11.9. The molecular weight excluding hydrogens is 228 g/mol. The van der Waals surface area contributed by atoms with E-state index >= 15 is 0 Å². The van der Waals surface area contributed by atoms with Gasteiger partial charge in [-0.25, -0.2) is 15.2 Å². The summed E-state index contributed by atoms with van der Waals surface area (Å²) in [5.41, 5.74) is 4.06. The zero-order valence-corrected chi connectivity index (χ0v) is 10.3. The fourth-order valence-corrected chi connectivity index (χ4v) is 1.75. The molecule has 1 aromatic rings. The summed E-state index contributed by atoms with van der Waals surface area (Å²) in [5, 5.41) is 1.55. The molecule has 4 nitrogen and oxygen atoms in total. The molecule has 0 atom stereocenters. The highest BCUT2D eigenvalue weighted by Crippen LogP contribution is 2.04. The van der Waals surface area contributed by atoms with Gasteiger partial charge in [-0.1, -0.05) is 42.5 Å². The standard InChI is InChI=1S/C14H18N2O2/c17-14(16-11-7-2-1-6-10-15-16)18-12-13-8-4-3-5-9-13/h1-5,8-9,15H,6-7,10-12H2. The highest BCUT2D eigenvalue weighted by atomic mass is 16.6. The average molecular weight is 246 g/mol. The molecule has 4 heteroatoms. The van der Waals surface area contributed by atoms with E-state index in [9.17, 15) is 4.79 Å². The van der Waals surface area contributed by atoms with E-state index in [-0.39, 0.29) is 6.09 Å². The fraction of sp³-hybridized carbons (Fsp3) is 0.357. The van der Waals surface area contributed by atoms with Crippen molar-refractivity contribution < 1.29 is 9.53 Å². The van der Waals surface area contributed by atoms with Gasteiger partial charge < -0.3 is 4.74 Å². The van der Waals surface area contributed by atoms with Gasteiger partial charge in [-0.3, -0.25) is 0 Å². The first-order chi connectivity index (χ1) is 8.86. The van der Waals surface area contributed by atoms with E-state index in [2.05, 4.69) is 17.6 Å². The molecule has 1 amide bonds. The zero-order valence-electron chi connectivity index (χ0n) is 10.3. The second-order valence-corrected chi connectivity index (χ2v) is 4.15. The molecule has 0 spiro atoms. The van der Waals surface area contributed by atoms with Gasteiger partial charge in [-0.05, 0) is 18.4 Å². The van der Waals surface area contributed by atoms with Crippen molar-refractivity contribution in [3.05, 3.63) is 48.0 Å². The number of benzene rings is 1. The molecule has 0 saturated carbocycles. The fourth-order valence-electron chi connectivity index (χ4n) is 1.75. The minimum atomic E-state index is -0.311. The Morgan fingerprint density at radius 2 is 2.00 bits per heavy atom. The van der Waals surface area contributed by atoms with Crippen LogP contribution in [-0.2, 0) is 11.3 Å². The largest absolute Gasteiger partial charge is 0.444 e. The van der Waals surface area contributed by atoms with Crippen molar-refractivity contribution in [1.82, 2.24) is 10.4 Å². The summed E-state index contributed by atoms with van der Waals surface area (Å²) in [7, 11) is 0. The summed E-state index contributed by atoms with van der Waals surface area (Å²) in [5.74, 6) is 0. The summed E-state index contributed by atoms with van der Waals surface area (Å²) in [6.07, 6.45) is 5.70. The second kappa shape index (κ2) is 6.81. The SMILES string of the molecule is O=C(OCc1ccccc1)N1CCC=CCCN1. The lowest BCUT2D eigenvalue weighted by Gasteiger charge is -2.23. The van der Waals surface area contributed by atoms with Gasteiger partial charge >= 0.3 is 6.09 Å². The summed E-state index contributed by atoms with van der Waals surface area (Å²) < 4.78 is 5.26. The number of nitrogens with one attached hydrogen (secondary N) is 1. The van der Waals surface area contributed by atoms with E-state index < -0.39 is 0 Å². The van der Waals surface area contributed by atoms with Gasteiger partial charge in [0, 0.05) is 13.1 Å². The van der Waals surface area contributed by atoms with Crippen LogP contribution in [0.15, 0.2) is 42.5 Å². The molecule has 2 rings (SSSR count). The Morgan fingerprint density at radius 3 is 2.83 bits per heavy atom. The predicted molar refractivity (Wildman–Crippen MR) is 69.7 cm³/mol. The Bertz CT molecular complexity index is 404. The Labute approximate surface area is 107 Å². The number of hydrogen-bond acceptors (Lipinski definition) is 3. The summed E-state index contributed by atoms with van der Waals surface area (Å²) >= 11 is 0. The first kappa shape index (κ1) is 12.6. The Kier molecular flexibility index (Phi) is 4.78. The number of ether oxygens (including phenoxy) is 1. The third kappa shape index (κ3) is 3.89. The number of rotatable bonds is 2. The molecule has 0 aliphatic carbocycles. The van der Waals surface area contributed by atoms with E-state index in [1.54, 1.807) is 5.01 Å². The lowest BCUT2D eigenvalue weighted by Crippen LogP contribution is -2.44. The van der Waals surface area contributed by atoms with Crippen molar-refractivity contribution in [3.63, 3.8) is 0 Å². The summed E-state index contributed by atoms with van der Waals surface area (Å²) in [6, 6.07) is 9.69. The monoisotopic (exact) mass is 246 g/mol. The number of amides is 1. The molecule has 18 heavy (non-hydrogen) atoms. The molecule has 0 aromatic heterocycles. The normalized spacial score (nSPS) is 15.9. The van der Waals surface area contributed by atoms with E-state index in [4.69, 9.17) is 4.74 Å². The average Bonchev–Trinajstić information content (AvgIpc) is 2.37. The van der Waals surface area contributed by atoms with Crippen LogP contribution >= 0.6 is 0 Å². The smallest absolute Gasteiger partial charge is 0.424 e. The molecule has 0 bridgehead atoms. The van der Waals surface area contributed by atoms with Crippen molar-refractivity contribution in [2.45, 2.75) is 19.4 Å². The molecule has 1 heterocycles. The Hall–Kier alpha value is -1.81. The van der Waals surface area contributed by atoms with Gasteiger partial charge in [-0.15, -0.1) is 0 Å². The van der Waals surface area contributed by atoms with E-state index in [1.807, 2.05) is 30.3 Å². The number of hydrazine groups is 1. The van der Waals surface area contributed by atoms with Gasteiger partial charge in [0.25, 0.3) is 0 Å². The van der Waals surface area contributed by atoms with Crippen LogP contribution in [0.4, 0.5) is 4.79 Å². The van der Waals surface area contributed by atoms with Gasteiger partial charge in [-0.2, -0.15) is 0 Å². The maximum atomic E-state index is 11.9. The molecular formula is C14H18N2O2. The lowest BCUT2D eigenvalue weighted by atomic mass is 10.2. The van der Waals surface area contributed by atoms with Crippen LogP contribution in [0.25, 0.3) is 0 Å². The first-order valence-corrected chi connectivity index (χ1v) is 6.23. The first-order valence-electron chi connectivity index (χ1n) is 6.23. The van der Waals surface area contributed by atoms with Crippen molar-refractivity contribution in [2.75, 3.05) is 13.1 Å². The van der Waals surface area contributed by atoms with Crippen molar-refractivity contribution >= 4 is 6.09 Å². The minimum Gasteiger partial charge on any atom is -0.444 e. The Balaban J connectivity index is 1.81. The maximum Gasteiger partial charge on any atom is 0.424 e. The third-order valence-corrected chi connectivity index (χ3v) is 2.73. The lowest BCUT2D eigenvalue weighted by molar-refractivity contribution is 0.0774. The van der Waals surface area contributed by atoms with E-state index in [1.165, 1.54) is 0 Å². The van der Waals surface area contributed by atoms with Crippen LogP contribution in [-0.4, -0.2) is 24.2 Å². The van der Waals surface area contributed by atoms with Crippen LogP contribution in [0, 0.1) is 0 Å². The predicted octanol–water partition coefficient (Wildman–Crippen LogP) is 2.48. The zero-order chi connectivity index (χ0) is 12.6. The van der Waals surface area contributed by atoms with Gasteiger partial charge in [0.05, 0.1) is 0 Å². The minimum absolute atomic E-state index is 0.311. The molecule has 96 valence electrons. The van der Waals surface area contributed by atoms with Gasteiger partial charge in [0.15, 0.2) is 0 Å². The van der Waals surface area contributed by atoms with Gasteiger partial charge in [0.1, 0.15) is 6.61 Å². The van der Waals surface area contributed by atoms with Crippen LogP contribution < -0.4 is 5.43 Å². The van der Waals surface area contributed by atoms with Crippen molar-refractivity contribution in [3.8, 4) is 0 Å². The molecule has 1 N–H and O–H groups in total. The molecule has 0 unspecified atom stereocenters. The van der Waals surface area contributed by atoms with Crippen molar-refractivity contribution in [2.24, 2.45) is 0 Å². The molecule has 0 saturated heterocycles. The summed E-state index contributed by atoms with van der Waals surface area (Å²) in [4.78, 5) is 11.9. The highest BCUT2D eigenvalue weighted by molar-refractivity contribution is 5.67. The van der Waals surface area contributed by atoms with Crippen LogP contribution in [0.1, 0.15) is 18.4 Å². The summed E-state index contributed by atoms with van der Waals surface area (Å²) in [6.45, 7) is 1.72. The quantitative estimate of drug-likeness (QED) is 0.815. The number of hydrogen-bond donors (Lipinski definition) is 1. The van der Waals surface area contributed by atoms with E-state index in [0.717, 1.165) is 24.9 Å². The Morgan fingerprint density at radius 1 is 1.22 bits per heavy atom. The van der Waals surface area contributed by atoms with Gasteiger partial charge in [0.2, 0.25) is 0 Å². The third-order valence-electron chi connectivity index (χ3n) is 2.73. The number of nitrogens with zero attached hydrogens (tertiary/aromatic N) is 1. The van der Waals surface area contributed by atoms with Crippen LogP contribution in [0.5, 0.6) is 0 Å². The molecule has 0 radical (unpaired) electrons. The molecule has 1 aliphatic heterocycles. The van der Waals surface area contributed by atoms with Crippen molar-refractivity contribution in [1.29, 1.82) is 0 Å².